The minimum atomic E-state index is -0.730. The molecule has 0 saturated heterocycles. The molecule has 1 aromatic carbocycles. The molecule has 0 fully saturated rings. The Morgan fingerprint density at radius 1 is 1.30 bits per heavy atom. The fourth-order valence-corrected chi connectivity index (χ4v) is 2.55. The summed E-state index contributed by atoms with van der Waals surface area (Å²) in [6.07, 6.45) is 6.02. The molecule has 0 aliphatic carbocycles. The lowest BCUT2D eigenvalue weighted by Gasteiger charge is -2.25. The molecule has 2 heterocycles. The molecule has 8 nitrogen and oxygen atoms in total. The van der Waals surface area contributed by atoms with E-state index >= 15 is 0 Å². The molecule has 10 heteroatoms. The summed E-state index contributed by atoms with van der Waals surface area (Å²) in [4.78, 5) is 8.36. The van der Waals surface area contributed by atoms with Crippen LogP contribution in [0.5, 0.6) is 0 Å². The first-order valence-corrected chi connectivity index (χ1v) is 8.40. The Morgan fingerprint density at radius 2 is 2.07 bits per heavy atom. The van der Waals surface area contributed by atoms with Crippen molar-refractivity contribution in [2.75, 3.05) is 17.3 Å². The molecule has 142 valence electrons. The first kappa shape index (κ1) is 18.9. The number of nitrogens with one attached hydrogen (secondary N) is 2. The van der Waals surface area contributed by atoms with Gasteiger partial charge in [-0.2, -0.15) is 4.98 Å². The van der Waals surface area contributed by atoms with Gasteiger partial charge in [-0.05, 0) is 13.0 Å². The molecular weight excluding hydrogens is 375 g/mol. The third-order valence-electron chi connectivity index (χ3n) is 3.80. The summed E-state index contributed by atoms with van der Waals surface area (Å²) in [5.74, 6) is 0.00867. The van der Waals surface area contributed by atoms with Crippen molar-refractivity contribution < 1.29 is 14.7 Å². The highest BCUT2D eigenvalue weighted by atomic mass is 35.5. The van der Waals surface area contributed by atoms with Crippen LogP contribution in [0.25, 0.3) is 0 Å². The second kappa shape index (κ2) is 8.21. The molecule has 1 aliphatic rings. The third kappa shape index (κ3) is 4.45. The second-order valence-electron chi connectivity index (χ2n) is 5.72. The van der Waals surface area contributed by atoms with Gasteiger partial charge < -0.3 is 10.4 Å². The highest BCUT2D eigenvalue weighted by molar-refractivity contribution is 6.32. The molecule has 1 atom stereocenters. The number of nitrogens with zero attached hydrogens (tertiary/aromatic N) is 4. The number of hydrazine groups is 1. The van der Waals surface area contributed by atoms with E-state index in [0.717, 1.165) is 5.06 Å². The highest BCUT2D eigenvalue weighted by Crippen LogP contribution is 2.26. The predicted molar refractivity (Wildman–Crippen MR) is 98.9 cm³/mol. The topological polar surface area (TPSA) is 96.8 Å². The van der Waals surface area contributed by atoms with Crippen molar-refractivity contribution in [2.24, 2.45) is 0 Å². The van der Waals surface area contributed by atoms with E-state index in [9.17, 15) is 14.7 Å². The maximum absolute atomic E-state index is 14.0. The highest BCUT2D eigenvalue weighted by Gasteiger charge is 2.17. The average molecular weight is 393 g/mol. The van der Waals surface area contributed by atoms with Crippen LogP contribution in [0, 0.1) is 5.82 Å². The van der Waals surface area contributed by atoms with Gasteiger partial charge in [0.15, 0.2) is 5.82 Å². The van der Waals surface area contributed by atoms with Crippen molar-refractivity contribution in [3.8, 4) is 0 Å². The van der Waals surface area contributed by atoms with Gasteiger partial charge in [-0.3, -0.25) is 15.6 Å². The summed E-state index contributed by atoms with van der Waals surface area (Å²) >= 11 is 6.14. The van der Waals surface area contributed by atoms with Crippen LogP contribution in [-0.4, -0.2) is 37.0 Å². The van der Waals surface area contributed by atoms with Crippen LogP contribution in [0.4, 0.5) is 16.2 Å². The Morgan fingerprint density at radius 3 is 2.78 bits per heavy atom. The fraction of sp³-hybridized carbons (Fsp3) is 0.176. The predicted octanol–water partition coefficient (Wildman–Crippen LogP) is 3.08. The lowest BCUT2D eigenvalue weighted by molar-refractivity contribution is -0.00916. The summed E-state index contributed by atoms with van der Waals surface area (Å²) in [6, 6.07) is 5.41. The van der Waals surface area contributed by atoms with Crippen molar-refractivity contribution in [3.63, 3.8) is 0 Å². The summed E-state index contributed by atoms with van der Waals surface area (Å²) in [5, 5.41) is 24.8. The number of hydroxylamine groups is 2. The maximum atomic E-state index is 14.0. The van der Waals surface area contributed by atoms with E-state index in [1.54, 1.807) is 42.5 Å². The molecular formula is C17H18ClFN6O2. The van der Waals surface area contributed by atoms with Crippen LogP contribution >= 0.6 is 11.6 Å². The van der Waals surface area contributed by atoms with E-state index in [4.69, 9.17) is 11.6 Å². The SMILES string of the molecule is CC1=CN(Nc2ncc(Cl)c(NC(CO)c3ccccc3F)n2)C=CN1O. The van der Waals surface area contributed by atoms with E-state index in [2.05, 4.69) is 20.7 Å². The largest absolute Gasteiger partial charge is 0.394 e. The molecule has 0 bridgehead atoms. The standard InChI is InChI=1S/C17H18ClFN6O2/c1-11-9-24(6-7-25(11)27)23-17-20-8-13(18)16(22-17)21-15(10-26)12-4-2-3-5-14(12)19/h2-9,15,26-27H,10H2,1H3,(H2,20,21,22,23). The van der Waals surface area contributed by atoms with Crippen molar-refractivity contribution >= 4 is 23.4 Å². The van der Waals surface area contributed by atoms with Gasteiger partial charge in [0.25, 0.3) is 0 Å². The Bertz CT molecular complexity index is 878. The van der Waals surface area contributed by atoms with E-state index in [-0.39, 0.29) is 23.4 Å². The van der Waals surface area contributed by atoms with Gasteiger partial charge in [0, 0.05) is 18.0 Å². The van der Waals surface area contributed by atoms with Crippen molar-refractivity contribution in [1.82, 2.24) is 20.0 Å². The fourth-order valence-electron chi connectivity index (χ4n) is 2.41. The number of allylic oxidation sites excluding steroid dienone is 1. The third-order valence-corrected chi connectivity index (χ3v) is 4.08. The van der Waals surface area contributed by atoms with Crippen LogP contribution < -0.4 is 10.7 Å². The number of aliphatic hydroxyl groups excluding tert-OH is 1. The van der Waals surface area contributed by atoms with E-state index in [1.807, 2.05) is 0 Å². The Labute approximate surface area is 160 Å². The molecule has 1 aromatic heterocycles. The van der Waals surface area contributed by atoms with Gasteiger partial charge >= 0.3 is 0 Å². The lowest BCUT2D eigenvalue weighted by Crippen LogP contribution is -2.27. The summed E-state index contributed by atoms with van der Waals surface area (Å²) in [5.41, 5.74) is 3.79. The van der Waals surface area contributed by atoms with Gasteiger partial charge in [-0.15, -0.1) is 0 Å². The van der Waals surface area contributed by atoms with Crippen LogP contribution in [0.15, 0.2) is 54.8 Å². The molecule has 3 rings (SSSR count). The first-order valence-electron chi connectivity index (χ1n) is 8.02. The molecule has 1 unspecified atom stereocenters. The molecule has 27 heavy (non-hydrogen) atoms. The zero-order valence-electron chi connectivity index (χ0n) is 14.3. The Kier molecular flexibility index (Phi) is 5.75. The lowest BCUT2D eigenvalue weighted by atomic mass is 10.1. The Balaban J connectivity index is 1.79. The molecule has 2 aromatic rings. The van der Waals surface area contributed by atoms with Crippen LogP contribution in [0.3, 0.4) is 0 Å². The van der Waals surface area contributed by atoms with Crippen molar-refractivity contribution in [1.29, 1.82) is 0 Å². The number of aliphatic hydroxyl groups is 1. The maximum Gasteiger partial charge on any atom is 0.244 e. The summed E-state index contributed by atoms with van der Waals surface area (Å²) < 4.78 is 14.0. The minimum absolute atomic E-state index is 0.215. The average Bonchev–Trinajstić information content (AvgIpc) is 2.66. The zero-order chi connectivity index (χ0) is 19.4. The smallest absolute Gasteiger partial charge is 0.244 e. The number of halogens is 2. The normalized spacial score (nSPS) is 14.8. The number of rotatable bonds is 6. The molecule has 1 aliphatic heterocycles. The number of aromatic nitrogens is 2. The number of anilines is 2. The van der Waals surface area contributed by atoms with Gasteiger partial charge in [-0.25, -0.2) is 14.4 Å². The van der Waals surface area contributed by atoms with Crippen molar-refractivity contribution in [2.45, 2.75) is 13.0 Å². The van der Waals surface area contributed by atoms with Gasteiger partial charge in [0.05, 0.1) is 30.7 Å². The van der Waals surface area contributed by atoms with Crippen LogP contribution in [0.2, 0.25) is 5.02 Å². The number of hydrogen-bond donors (Lipinski definition) is 4. The quantitative estimate of drug-likeness (QED) is 0.595. The van der Waals surface area contributed by atoms with Gasteiger partial charge in [-0.1, -0.05) is 29.8 Å². The van der Waals surface area contributed by atoms with Gasteiger partial charge in [0.2, 0.25) is 5.95 Å². The van der Waals surface area contributed by atoms with Gasteiger partial charge in [0.1, 0.15) is 10.8 Å². The monoisotopic (exact) mass is 392 g/mol. The first-order chi connectivity index (χ1) is 13.0. The molecule has 4 N–H and O–H groups in total. The number of benzene rings is 1. The van der Waals surface area contributed by atoms with Crippen LogP contribution in [-0.2, 0) is 0 Å². The zero-order valence-corrected chi connectivity index (χ0v) is 15.1. The summed E-state index contributed by atoms with van der Waals surface area (Å²) in [7, 11) is 0. The van der Waals surface area contributed by atoms with Crippen molar-refractivity contribution in [3.05, 3.63) is 71.2 Å². The van der Waals surface area contributed by atoms with Crippen LogP contribution in [0.1, 0.15) is 18.5 Å². The number of hydrogen-bond acceptors (Lipinski definition) is 8. The molecule has 0 radical (unpaired) electrons. The van der Waals surface area contributed by atoms with E-state index < -0.39 is 11.9 Å². The molecule has 0 saturated carbocycles. The Hall–Kier alpha value is -2.88. The summed E-state index contributed by atoms with van der Waals surface area (Å²) in [6.45, 7) is 1.36. The second-order valence-corrected chi connectivity index (χ2v) is 6.13. The van der Waals surface area contributed by atoms with E-state index in [1.165, 1.54) is 18.5 Å². The minimum Gasteiger partial charge on any atom is -0.394 e. The molecule has 0 spiro atoms. The van der Waals surface area contributed by atoms with E-state index in [0.29, 0.717) is 11.3 Å². The molecule has 0 amide bonds.